The van der Waals surface area contributed by atoms with Gasteiger partial charge in [0, 0.05) is 24.7 Å². The normalized spacial score (nSPS) is 29.8. The molecular weight excluding hydrogens is 244 g/mol. The molecule has 2 bridgehead atoms. The zero-order chi connectivity index (χ0) is 13.8. The fourth-order valence-electron chi connectivity index (χ4n) is 4.06. The van der Waals surface area contributed by atoms with E-state index in [0.29, 0.717) is 0 Å². The van der Waals surface area contributed by atoms with E-state index in [1.165, 1.54) is 57.2 Å². The zero-order valence-electron chi connectivity index (χ0n) is 12.7. The first-order chi connectivity index (χ1) is 9.86. The van der Waals surface area contributed by atoms with E-state index in [1.54, 1.807) is 0 Å². The molecule has 2 saturated heterocycles. The van der Waals surface area contributed by atoms with Gasteiger partial charge in [0.1, 0.15) is 0 Å². The second kappa shape index (κ2) is 6.73. The number of hydrogen-bond acceptors (Lipinski definition) is 2. The first-order valence-electron chi connectivity index (χ1n) is 8.40. The Labute approximate surface area is 123 Å². The van der Waals surface area contributed by atoms with E-state index >= 15 is 0 Å². The Bertz CT molecular complexity index is 389. The summed E-state index contributed by atoms with van der Waals surface area (Å²) in [5.74, 6) is 0. The summed E-state index contributed by atoms with van der Waals surface area (Å²) >= 11 is 0. The van der Waals surface area contributed by atoms with Crippen LogP contribution in [0.25, 0.3) is 0 Å². The van der Waals surface area contributed by atoms with Crippen LogP contribution in [0.3, 0.4) is 0 Å². The highest BCUT2D eigenvalue weighted by molar-refractivity contribution is 5.15. The van der Waals surface area contributed by atoms with Crippen LogP contribution in [0, 0.1) is 0 Å². The highest BCUT2D eigenvalue weighted by Gasteiger charge is 2.39. The largest absolute Gasteiger partial charge is 0.314 e. The van der Waals surface area contributed by atoms with E-state index in [1.807, 2.05) is 0 Å². The molecule has 0 radical (unpaired) electrons. The molecule has 0 amide bonds. The Hall–Kier alpha value is -0.860. The number of rotatable bonds is 6. The average Bonchev–Trinajstić information content (AvgIpc) is 2.73. The van der Waals surface area contributed by atoms with E-state index in [0.717, 1.165) is 18.1 Å². The third-order valence-electron chi connectivity index (χ3n) is 5.07. The molecule has 2 nitrogen and oxygen atoms in total. The topological polar surface area (TPSA) is 15.3 Å². The molecule has 0 spiro atoms. The van der Waals surface area contributed by atoms with Gasteiger partial charge >= 0.3 is 0 Å². The molecule has 110 valence electrons. The van der Waals surface area contributed by atoms with Gasteiger partial charge in [0.05, 0.1) is 0 Å². The zero-order valence-corrected chi connectivity index (χ0v) is 12.7. The second-order valence-electron chi connectivity index (χ2n) is 6.48. The third-order valence-corrected chi connectivity index (χ3v) is 5.07. The molecule has 1 N–H and O–H groups in total. The number of hydrogen-bond donors (Lipinski definition) is 1. The van der Waals surface area contributed by atoms with Crippen molar-refractivity contribution in [3.05, 3.63) is 35.9 Å². The average molecular weight is 272 g/mol. The van der Waals surface area contributed by atoms with Gasteiger partial charge in [-0.1, -0.05) is 37.3 Å². The van der Waals surface area contributed by atoms with E-state index in [-0.39, 0.29) is 0 Å². The Morgan fingerprint density at radius 2 is 1.80 bits per heavy atom. The van der Waals surface area contributed by atoms with Crippen molar-refractivity contribution in [2.24, 2.45) is 0 Å². The lowest BCUT2D eigenvalue weighted by molar-refractivity contribution is 0.118. The van der Waals surface area contributed by atoms with Gasteiger partial charge in [-0.2, -0.15) is 0 Å². The van der Waals surface area contributed by atoms with Crippen molar-refractivity contribution >= 4 is 0 Å². The Kier molecular flexibility index (Phi) is 4.74. The van der Waals surface area contributed by atoms with Crippen LogP contribution in [0.4, 0.5) is 0 Å². The molecule has 2 fully saturated rings. The molecule has 0 saturated carbocycles. The number of nitrogens with one attached hydrogen (secondary N) is 1. The summed E-state index contributed by atoms with van der Waals surface area (Å²) in [5, 5.41) is 3.74. The monoisotopic (exact) mass is 272 g/mol. The number of fused-ring (bicyclic) bond motifs is 2. The molecule has 0 aliphatic carbocycles. The van der Waals surface area contributed by atoms with Gasteiger partial charge in [-0.3, -0.25) is 4.90 Å². The maximum absolute atomic E-state index is 3.74. The number of benzene rings is 1. The molecule has 1 aromatic carbocycles. The predicted molar refractivity (Wildman–Crippen MR) is 85.0 cm³/mol. The smallest absolute Gasteiger partial charge is 0.0114 e. The molecule has 2 heterocycles. The van der Waals surface area contributed by atoms with Crippen LogP contribution in [0.5, 0.6) is 0 Å². The predicted octanol–water partition coefficient (Wildman–Crippen LogP) is 3.22. The number of piperidine rings is 1. The van der Waals surface area contributed by atoms with Crippen molar-refractivity contribution in [2.45, 2.75) is 63.6 Å². The molecule has 2 heteroatoms. The lowest BCUT2D eigenvalue weighted by atomic mass is 9.96. The van der Waals surface area contributed by atoms with Crippen LogP contribution in [-0.4, -0.2) is 36.1 Å². The quantitative estimate of drug-likeness (QED) is 0.855. The van der Waals surface area contributed by atoms with Crippen LogP contribution in [-0.2, 0) is 6.42 Å². The third kappa shape index (κ3) is 3.24. The van der Waals surface area contributed by atoms with Gasteiger partial charge in [0.2, 0.25) is 0 Å². The molecule has 2 aliphatic heterocycles. The van der Waals surface area contributed by atoms with Crippen molar-refractivity contribution in [2.75, 3.05) is 13.1 Å². The number of nitrogens with zero attached hydrogens (tertiary/aromatic N) is 1. The van der Waals surface area contributed by atoms with Crippen molar-refractivity contribution in [3.63, 3.8) is 0 Å². The van der Waals surface area contributed by atoms with E-state index in [4.69, 9.17) is 0 Å². The Morgan fingerprint density at radius 1 is 1.10 bits per heavy atom. The molecule has 3 rings (SSSR count). The van der Waals surface area contributed by atoms with Gasteiger partial charge in [-0.15, -0.1) is 0 Å². The lowest BCUT2D eigenvalue weighted by Crippen LogP contribution is -2.49. The standard InChI is InChI=1S/C18H28N2/c1-2-11-19-16-13-17-8-9-18(14-16)20(17)12-10-15-6-4-3-5-7-15/h3-7,16-19H,2,8-14H2,1H3. The second-order valence-corrected chi connectivity index (χ2v) is 6.48. The van der Waals surface area contributed by atoms with Crippen LogP contribution in [0.1, 0.15) is 44.6 Å². The summed E-state index contributed by atoms with van der Waals surface area (Å²) in [6.45, 7) is 4.70. The molecule has 2 aliphatic rings. The molecule has 1 aromatic rings. The summed E-state index contributed by atoms with van der Waals surface area (Å²) in [5.41, 5.74) is 1.48. The van der Waals surface area contributed by atoms with Crippen LogP contribution in [0.15, 0.2) is 30.3 Å². The molecule has 2 atom stereocenters. The van der Waals surface area contributed by atoms with Crippen molar-refractivity contribution in [1.29, 1.82) is 0 Å². The van der Waals surface area contributed by atoms with E-state index in [9.17, 15) is 0 Å². The minimum atomic E-state index is 0.778. The fourth-order valence-corrected chi connectivity index (χ4v) is 4.06. The molecule has 0 aromatic heterocycles. The summed E-state index contributed by atoms with van der Waals surface area (Å²) < 4.78 is 0. The highest BCUT2D eigenvalue weighted by Crippen LogP contribution is 2.35. The maximum atomic E-state index is 3.74. The van der Waals surface area contributed by atoms with Crippen molar-refractivity contribution in [1.82, 2.24) is 10.2 Å². The van der Waals surface area contributed by atoms with Gasteiger partial charge in [-0.25, -0.2) is 0 Å². The van der Waals surface area contributed by atoms with E-state index < -0.39 is 0 Å². The summed E-state index contributed by atoms with van der Waals surface area (Å²) in [4.78, 5) is 2.80. The fraction of sp³-hybridized carbons (Fsp3) is 0.667. The molecule has 20 heavy (non-hydrogen) atoms. The van der Waals surface area contributed by atoms with E-state index in [2.05, 4.69) is 47.5 Å². The lowest BCUT2D eigenvalue weighted by Gasteiger charge is -2.39. The first-order valence-corrected chi connectivity index (χ1v) is 8.40. The Morgan fingerprint density at radius 3 is 2.45 bits per heavy atom. The maximum Gasteiger partial charge on any atom is 0.0114 e. The first kappa shape index (κ1) is 14.1. The summed E-state index contributed by atoms with van der Waals surface area (Å²) in [6.07, 6.45) is 8.04. The molecule has 2 unspecified atom stereocenters. The molecular formula is C18H28N2. The van der Waals surface area contributed by atoms with Gasteiger partial charge in [0.25, 0.3) is 0 Å². The minimum absolute atomic E-state index is 0.778. The van der Waals surface area contributed by atoms with Gasteiger partial charge in [-0.05, 0) is 50.6 Å². The summed E-state index contributed by atoms with van der Waals surface area (Å²) in [7, 11) is 0. The highest BCUT2D eigenvalue weighted by atomic mass is 15.2. The summed E-state index contributed by atoms with van der Waals surface area (Å²) in [6, 6.07) is 13.4. The van der Waals surface area contributed by atoms with Crippen LogP contribution >= 0.6 is 0 Å². The Balaban J connectivity index is 1.52. The van der Waals surface area contributed by atoms with Gasteiger partial charge < -0.3 is 5.32 Å². The minimum Gasteiger partial charge on any atom is -0.314 e. The van der Waals surface area contributed by atoms with Crippen LogP contribution < -0.4 is 5.32 Å². The van der Waals surface area contributed by atoms with Crippen molar-refractivity contribution in [3.8, 4) is 0 Å². The van der Waals surface area contributed by atoms with Crippen LogP contribution in [0.2, 0.25) is 0 Å². The van der Waals surface area contributed by atoms with Crippen molar-refractivity contribution < 1.29 is 0 Å². The SMILES string of the molecule is CCCNC1CC2CCC(C1)N2CCc1ccccc1. The van der Waals surface area contributed by atoms with Gasteiger partial charge in [0.15, 0.2) is 0 Å².